The van der Waals surface area contributed by atoms with Gasteiger partial charge in [0.15, 0.2) is 0 Å². The van der Waals surface area contributed by atoms with E-state index in [4.69, 9.17) is 4.74 Å². The average molecular weight is 511 g/mol. The van der Waals surface area contributed by atoms with E-state index in [-0.39, 0.29) is 12.1 Å². The van der Waals surface area contributed by atoms with Crippen molar-refractivity contribution in [2.75, 3.05) is 18.6 Å². The maximum atomic E-state index is 14.3. The zero-order chi connectivity index (χ0) is 26.2. The van der Waals surface area contributed by atoms with E-state index >= 15 is 0 Å². The number of ether oxygens (including phenoxy) is 1. The minimum Gasteiger partial charge on any atom is -0.496 e. The summed E-state index contributed by atoms with van der Waals surface area (Å²) >= 11 is 0. The molecule has 1 amide bonds. The molecule has 0 radical (unpaired) electrons. The van der Waals surface area contributed by atoms with E-state index in [0.717, 1.165) is 11.1 Å². The standard InChI is InChI=1S/C26H21F4N5O2/c1-37-24-12-17(6-8-19(24)18-10-11-31-13-20(18)27)21-14-35(33-32-21)23-9-7-16-4-2-3-5-22(16)34(25(23)36)15-26(28,29)30/h2-6,8,10-14,23H,7,9,15H2,1H3. The Hall–Kier alpha value is -4.28. The summed E-state index contributed by atoms with van der Waals surface area (Å²) in [7, 11) is 1.45. The van der Waals surface area contributed by atoms with Crippen LogP contribution in [-0.2, 0) is 11.2 Å². The van der Waals surface area contributed by atoms with Crippen molar-refractivity contribution in [1.82, 2.24) is 20.0 Å². The molecule has 0 aliphatic carbocycles. The Morgan fingerprint density at radius 3 is 2.68 bits per heavy atom. The number of pyridine rings is 1. The van der Waals surface area contributed by atoms with Crippen molar-refractivity contribution >= 4 is 11.6 Å². The highest BCUT2D eigenvalue weighted by Crippen LogP contribution is 2.36. The molecule has 0 bridgehead atoms. The van der Waals surface area contributed by atoms with E-state index in [1.165, 1.54) is 36.3 Å². The van der Waals surface area contributed by atoms with Gasteiger partial charge in [0.05, 0.1) is 19.5 Å². The fourth-order valence-corrected chi connectivity index (χ4v) is 4.52. The number of nitrogens with zero attached hydrogens (tertiary/aromatic N) is 5. The average Bonchev–Trinajstić information content (AvgIpc) is 3.32. The van der Waals surface area contributed by atoms with Crippen LogP contribution in [0.5, 0.6) is 5.75 Å². The molecule has 7 nitrogen and oxygen atoms in total. The first-order chi connectivity index (χ1) is 17.7. The van der Waals surface area contributed by atoms with Crippen molar-refractivity contribution in [3.63, 3.8) is 0 Å². The zero-order valence-electron chi connectivity index (χ0n) is 19.6. The summed E-state index contributed by atoms with van der Waals surface area (Å²) in [5.41, 5.74) is 2.70. The summed E-state index contributed by atoms with van der Waals surface area (Å²) in [5, 5.41) is 8.23. The van der Waals surface area contributed by atoms with Gasteiger partial charge in [0.1, 0.15) is 29.8 Å². The molecule has 1 aliphatic rings. The molecule has 1 atom stereocenters. The van der Waals surface area contributed by atoms with E-state index in [1.54, 1.807) is 36.4 Å². The Morgan fingerprint density at radius 2 is 1.92 bits per heavy atom. The fraction of sp³-hybridized carbons (Fsp3) is 0.231. The molecule has 0 spiro atoms. The molecule has 37 heavy (non-hydrogen) atoms. The Bertz CT molecular complexity index is 1450. The third kappa shape index (κ3) is 4.89. The number of hydrogen-bond donors (Lipinski definition) is 0. The van der Waals surface area contributed by atoms with Gasteiger partial charge in [0.25, 0.3) is 5.91 Å². The number of fused-ring (bicyclic) bond motifs is 1. The monoisotopic (exact) mass is 511 g/mol. The van der Waals surface area contributed by atoms with Gasteiger partial charge in [-0.2, -0.15) is 13.2 Å². The van der Waals surface area contributed by atoms with Gasteiger partial charge >= 0.3 is 6.18 Å². The maximum absolute atomic E-state index is 14.3. The third-order valence-electron chi connectivity index (χ3n) is 6.25. The number of anilines is 1. The van der Waals surface area contributed by atoms with Gasteiger partial charge < -0.3 is 9.64 Å². The number of alkyl halides is 3. The minimum absolute atomic E-state index is 0.247. The van der Waals surface area contributed by atoms with Gasteiger partial charge in [-0.25, -0.2) is 9.07 Å². The number of rotatable bonds is 5. The number of halogens is 4. The van der Waals surface area contributed by atoms with E-state index in [1.807, 2.05) is 0 Å². The first kappa shape index (κ1) is 24.4. The van der Waals surface area contributed by atoms with Crippen LogP contribution in [-0.4, -0.2) is 45.7 Å². The lowest BCUT2D eigenvalue weighted by molar-refractivity contribution is -0.134. The van der Waals surface area contributed by atoms with Crippen LogP contribution in [0.2, 0.25) is 0 Å². The second-order valence-electron chi connectivity index (χ2n) is 8.58. The van der Waals surface area contributed by atoms with Crippen LogP contribution in [0.3, 0.4) is 0 Å². The third-order valence-corrected chi connectivity index (χ3v) is 6.25. The molecule has 0 saturated heterocycles. The van der Waals surface area contributed by atoms with Crippen LogP contribution in [0.25, 0.3) is 22.4 Å². The molecule has 2 aromatic carbocycles. The van der Waals surface area contributed by atoms with Crippen LogP contribution in [0.1, 0.15) is 18.0 Å². The number of aryl methyl sites for hydroxylation is 1. The molecule has 3 heterocycles. The van der Waals surface area contributed by atoms with E-state index in [0.29, 0.717) is 40.1 Å². The van der Waals surface area contributed by atoms with Gasteiger partial charge in [-0.1, -0.05) is 29.5 Å². The number of methoxy groups -OCH3 is 1. The van der Waals surface area contributed by atoms with Gasteiger partial charge in [-0.15, -0.1) is 5.10 Å². The summed E-state index contributed by atoms with van der Waals surface area (Å²) in [6.45, 7) is -1.40. The summed E-state index contributed by atoms with van der Waals surface area (Å²) in [4.78, 5) is 17.9. The molecule has 5 rings (SSSR count). The number of benzene rings is 2. The van der Waals surface area contributed by atoms with Crippen LogP contribution in [0.4, 0.5) is 23.2 Å². The quantitative estimate of drug-likeness (QED) is 0.343. The van der Waals surface area contributed by atoms with Gasteiger partial charge in [-0.05, 0) is 42.7 Å². The molecular weight excluding hydrogens is 490 g/mol. The Balaban J connectivity index is 1.47. The first-order valence-corrected chi connectivity index (χ1v) is 11.4. The summed E-state index contributed by atoms with van der Waals surface area (Å²) in [6.07, 6.45) is 0.191. The van der Waals surface area contributed by atoms with Crippen LogP contribution < -0.4 is 9.64 Å². The predicted molar refractivity (Wildman–Crippen MR) is 127 cm³/mol. The second kappa shape index (κ2) is 9.64. The molecule has 0 fully saturated rings. The molecule has 1 aliphatic heterocycles. The van der Waals surface area contributed by atoms with Gasteiger partial charge in [-0.3, -0.25) is 9.78 Å². The smallest absolute Gasteiger partial charge is 0.406 e. The molecule has 11 heteroatoms. The molecule has 2 aromatic heterocycles. The molecule has 0 N–H and O–H groups in total. The topological polar surface area (TPSA) is 73.1 Å². The van der Waals surface area contributed by atoms with Crippen LogP contribution in [0, 0.1) is 5.82 Å². The lowest BCUT2D eigenvalue weighted by atomic mass is 10.0. The van der Waals surface area contributed by atoms with Gasteiger partial charge in [0.2, 0.25) is 0 Å². The number of para-hydroxylation sites is 1. The van der Waals surface area contributed by atoms with Crippen molar-refractivity contribution in [1.29, 1.82) is 0 Å². The molecular formula is C26H21F4N5O2. The fourth-order valence-electron chi connectivity index (χ4n) is 4.52. The molecule has 190 valence electrons. The predicted octanol–water partition coefficient (Wildman–Crippen LogP) is 5.24. The Morgan fingerprint density at radius 1 is 1.11 bits per heavy atom. The highest BCUT2D eigenvalue weighted by atomic mass is 19.4. The minimum atomic E-state index is -4.57. The summed E-state index contributed by atoms with van der Waals surface area (Å²) < 4.78 is 61.2. The molecule has 0 saturated carbocycles. The van der Waals surface area contributed by atoms with Crippen molar-refractivity contribution in [2.24, 2.45) is 0 Å². The maximum Gasteiger partial charge on any atom is 0.406 e. The SMILES string of the molecule is COc1cc(-c2cn(C3CCc4ccccc4N(CC(F)(F)F)C3=O)nn2)ccc1-c1ccncc1F. The second-order valence-corrected chi connectivity index (χ2v) is 8.58. The number of aromatic nitrogens is 4. The normalized spacial score (nSPS) is 15.9. The number of amides is 1. The lowest BCUT2D eigenvalue weighted by Crippen LogP contribution is -2.42. The summed E-state index contributed by atoms with van der Waals surface area (Å²) in [6, 6.07) is 12.2. The number of carbonyl (C=O) groups is 1. The van der Waals surface area contributed by atoms with Crippen molar-refractivity contribution in [2.45, 2.75) is 25.1 Å². The van der Waals surface area contributed by atoms with E-state index in [2.05, 4.69) is 15.3 Å². The Labute approximate surface area is 209 Å². The number of carbonyl (C=O) groups excluding carboxylic acids is 1. The van der Waals surface area contributed by atoms with Crippen molar-refractivity contribution in [3.05, 3.63) is 78.5 Å². The summed E-state index contributed by atoms with van der Waals surface area (Å²) in [5.74, 6) is -0.829. The van der Waals surface area contributed by atoms with Gasteiger partial charge in [0, 0.05) is 28.6 Å². The van der Waals surface area contributed by atoms with Crippen LogP contribution >= 0.6 is 0 Å². The van der Waals surface area contributed by atoms with E-state index in [9.17, 15) is 22.4 Å². The van der Waals surface area contributed by atoms with Crippen LogP contribution in [0.15, 0.2) is 67.1 Å². The molecule has 4 aromatic rings. The van der Waals surface area contributed by atoms with Crippen molar-refractivity contribution < 1.29 is 27.1 Å². The van der Waals surface area contributed by atoms with E-state index < -0.39 is 30.5 Å². The molecule has 1 unspecified atom stereocenters. The largest absolute Gasteiger partial charge is 0.496 e. The zero-order valence-corrected chi connectivity index (χ0v) is 19.6. The van der Waals surface area contributed by atoms with Crippen molar-refractivity contribution in [3.8, 4) is 28.1 Å². The highest BCUT2D eigenvalue weighted by Gasteiger charge is 2.39. The highest BCUT2D eigenvalue weighted by molar-refractivity contribution is 5.97. The first-order valence-electron chi connectivity index (χ1n) is 11.4. The number of hydrogen-bond acceptors (Lipinski definition) is 5. The lowest BCUT2D eigenvalue weighted by Gasteiger charge is -2.26. The Kier molecular flexibility index (Phi) is 6.36.